The number of rotatable bonds is 5. The first-order chi connectivity index (χ1) is 15.2. The van der Waals surface area contributed by atoms with Crippen molar-refractivity contribution in [2.45, 2.75) is 48.5 Å². The van der Waals surface area contributed by atoms with Crippen LogP contribution < -0.4 is 4.90 Å². The molecule has 0 saturated heterocycles. The minimum absolute atomic E-state index is 0.202. The van der Waals surface area contributed by atoms with Crippen LogP contribution in [0.4, 0.5) is 11.5 Å². The Bertz CT molecular complexity index is 1210. The standard InChI is InChI=1S/C25H31N7/c1-8-31(9-2)20-14-13-19(17(4)26-20)27-21-22(25(5,6)7)30-32-23(28-29-24(21)32)18-12-10-11-16(3)15-18/h10-15H,8-9H2,1-7H3/b27-21-. The summed E-state index contributed by atoms with van der Waals surface area (Å²) in [4.78, 5) is 12.0. The van der Waals surface area contributed by atoms with Crippen LogP contribution in [0.25, 0.3) is 11.4 Å². The van der Waals surface area contributed by atoms with E-state index in [4.69, 9.17) is 15.1 Å². The quantitative estimate of drug-likeness (QED) is 0.560. The van der Waals surface area contributed by atoms with E-state index in [1.165, 1.54) is 5.56 Å². The van der Waals surface area contributed by atoms with Crippen molar-refractivity contribution in [3.8, 4) is 11.4 Å². The number of benzene rings is 1. The Morgan fingerprint density at radius 2 is 1.69 bits per heavy atom. The number of hydrogen-bond donors (Lipinski definition) is 0. The first-order valence-electron chi connectivity index (χ1n) is 11.2. The van der Waals surface area contributed by atoms with Crippen LogP contribution in [0.5, 0.6) is 0 Å². The van der Waals surface area contributed by atoms with Gasteiger partial charge in [-0.2, -0.15) is 9.78 Å². The summed E-state index contributed by atoms with van der Waals surface area (Å²) in [6.45, 7) is 16.6. The van der Waals surface area contributed by atoms with Crippen molar-refractivity contribution >= 4 is 22.9 Å². The van der Waals surface area contributed by atoms with Gasteiger partial charge in [-0.25, -0.2) is 9.98 Å². The van der Waals surface area contributed by atoms with Crippen LogP contribution in [-0.4, -0.2) is 44.4 Å². The molecule has 0 amide bonds. The third-order valence-corrected chi connectivity index (χ3v) is 5.63. The van der Waals surface area contributed by atoms with Crippen molar-refractivity contribution < 1.29 is 0 Å². The average molecular weight is 430 g/mol. The third kappa shape index (κ3) is 3.95. The molecule has 0 N–H and O–H groups in total. The lowest BCUT2D eigenvalue weighted by Gasteiger charge is -2.20. The van der Waals surface area contributed by atoms with Crippen molar-refractivity contribution in [1.82, 2.24) is 19.9 Å². The highest BCUT2D eigenvalue weighted by molar-refractivity contribution is 6.50. The van der Waals surface area contributed by atoms with Crippen molar-refractivity contribution in [1.29, 1.82) is 0 Å². The lowest BCUT2D eigenvalue weighted by molar-refractivity contribution is 0.594. The van der Waals surface area contributed by atoms with Gasteiger partial charge in [0, 0.05) is 24.1 Å². The van der Waals surface area contributed by atoms with E-state index in [9.17, 15) is 0 Å². The van der Waals surface area contributed by atoms with Crippen LogP contribution in [0.3, 0.4) is 0 Å². The normalized spacial score (nSPS) is 14.6. The third-order valence-electron chi connectivity index (χ3n) is 5.63. The van der Waals surface area contributed by atoms with Crippen LogP contribution in [-0.2, 0) is 0 Å². The highest BCUT2D eigenvalue weighted by Gasteiger charge is 2.35. The Morgan fingerprint density at radius 3 is 2.31 bits per heavy atom. The second kappa shape index (κ2) is 8.30. The maximum absolute atomic E-state index is 5.01. The van der Waals surface area contributed by atoms with Gasteiger partial charge in [0.15, 0.2) is 5.82 Å². The zero-order valence-corrected chi connectivity index (χ0v) is 20.0. The van der Waals surface area contributed by atoms with Crippen molar-refractivity contribution in [3.63, 3.8) is 0 Å². The van der Waals surface area contributed by atoms with Crippen LogP contribution in [0, 0.1) is 19.3 Å². The van der Waals surface area contributed by atoms with Crippen LogP contribution in [0.2, 0.25) is 0 Å². The molecule has 166 valence electrons. The summed E-state index contributed by atoms with van der Waals surface area (Å²) in [6.07, 6.45) is 0. The highest BCUT2D eigenvalue weighted by Crippen LogP contribution is 2.31. The van der Waals surface area contributed by atoms with Crippen molar-refractivity contribution in [2.24, 2.45) is 15.5 Å². The van der Waals surface area contributed by atoms with E-state index in [0.29, 0.717) is 5.82 Å². The Balaban J connectivity index is 1.82. The number of nitrogens with zero attached hydrogens (tertiary/aromatic N) is 7. The molecule has 2 aromatic heterocycles. The lowest BCUT2D eigenvalue weighted by Crippen LogP contribution is -2.27. The molecule has 7 nitrogen and oxygen atoms in total. The van der Waals surface area contributed by atoms with Gasteiger partial charge in [-0.3, -0.25) is 0 Å². The minimum atomic E-state index is -0.202. The van der Waals surface area contributed by atoms with Gasteiger partial charge in [0.1, 0.15) is 11.5 Å². The number of aromatic nitrogens is 4. The molecule has 0 radical (unpaired) electrons. The zero-order chi connectivity index (χ0) is 23.0. The molecule has 1 aromatic carbocycles. The molecule has 1 aliphatic heterocycles. The lowest BCUT2D eigenvalue weighted by atomic mass is 9.87. The van der Waals surface area contributed by atoms with Gasteiger partial charge in [-0.15, -0.1) is 10.2 Å². The number of fused-ring (bicyclic) bond motifs is 1. The predicted octanol–water partition coefficient (Wildman–Crippen LogP) is 5.19. The number of pyridine rings is 1. The maximum Gasteiger partial charge on any atom is 0.205 e. The summed E-state index contributed by atoms with van der Waals surface area (Å²) < 4.78 is 1.82. The van der Waals surface area contributed by atoms with E-state index < -0.39 is 0 Å². The minimum Gasteiger partial charge on any atom is -0.357 e. The first kappa shape index (κ1) is 21.9. The molecule has 3 aromatic rings. The molecule has 7 heteroatoms. The summed E-state index contributed by atoms with van der Waals surface area (Å²) in [5.41, 5.74) is 5.30. The fraction of sp³-hybridized carbons (Fsp3) is 0.400. The summed E-state index contributed by atoms with van der Waals surface area (Å²) in [5, 5.41) is 13.8. The molecule has 4 rings (SSSR count). The summed E-state index contributed by atoms with van der Waals surface area (Å²) in [7, 11) is 0. The molecular weight excluding hydrogens is 398 g/mol. The second-order valence-electron chi connectivity index (χ2n) is 9.13. The Kier molecular flexibility index (Phi) is 5.67. The molecule has 0 atom stereocenters. The van der Waals surface area contributed by atoms with Gasteiger partial charge in [0.25, 0.3) is 0 Å². The molecule has 0 unspecified atom stereocenters. The Hall–Kier alpha value is -3.35. The molecule has 0 saturated carbocycles. The molecule has 0 spiro atoms. The fourth-order valence-electron chi connectivity index (χ4n) is 3.85. The van der Waals surface area contributed by atoms with Crippen LogP contribution >= 0.6 is 0 Å². The Labute approximate surface area is 189 Å². The van der Waals surface area contributed by atoms with Crippen LogP contribution in [0.15, 0.2) is 46.5 Å². The van der Waals surface area contributed by atoms with Crippen LogP contribution in [0.1, 0.15) is 51.7 Å². The number of anilines is 1. The number of hydrogen-bond acceptors (Lipinski definition) is 6. The summed E-state index contributed by atoms with van der Waals surface area (Å²) in [5.74, 6) is 2.36. The Morgan fingerprint density at radius 1 is 0.969 bits per heavy atom. The highest BCUT2D eigenvalue weighted by atomic mass is 15.5. The van der Waals surface area contributed by atoms with E-state index >= 15 is 0 Å². The smallest absolute Gasteiger partial charge is 0.205 e. The predicted molar refractivity (Wildman–Crippen MR) is 131 cm³/mol. The molecule has 0 aliphatic carbocycles. The molecule has 3 heterocycles. The molecule has 32 heavy (non-hydrogen) atoms. The van der Waals surface area contributed by atoms with E-state index in [1.807, 2.05) is 35.9 Å². The maximum atomic E-state index is 5.01. The number of aliphatic imine (C=N–C) groups is 1. The molecule has 0 fully saturated rings. The molecule has 1 aliphatic rings. The molecule has 0 bridgehead atoms. The summed E-state index contributed by atoms with van der Waals surface area (Å²) in [6, 6.07) is 12.3. The van der Waals surface area contributed by atoms with Gasteiger partial charge < -0.3 is 4.90 Å². The van der Waals surface area contributed by atoms with Gasteiger partial charge in [0.05, 0.1) is 17.1 Å². The fourth-order valence-corrected chi connectivity index (χ4v) is 3.85. The van der Waals surface area contributed by atoms with Gasteiger partial charge >= 0.3 is 0 Å². The van der Waals surface area contributed by atoms with Crippen molar-refractivity contribution in [3.05, 3.63) is 53.5 Å². The largest absolute Gasteiger partial charge is 0.357 e. The first-order valence-corrected chi connectivity index (χ1v) is 11.2. The van der Waals surface area contributed by atoms with Gasteiger partial charge in [-0.05, 0) is 45.9 Å². The second-order valence-corrected chi connectivity index (χ2v) is 9.13. The average Bonchev–Trinajstić information content (AvgIpc) is 3.31. The van der Waals surface area contributed by atoms with E-state index in [2.05, 4.69) is 68.8 Å². The number of aryl methyl sites for hydroxylation is 2. The molecular formula is C25H31N7. The topological polar surface area (TPSA) is 71.6 Å². The van der Waals surface area contributed by atoms with E-state index in [1.54, 1.807) is 0 Å². The van der Waals surface area contributed by atoms with E-state index in [0.717, 1.165) is 53.1 Å². The van der Waals surface area contributed by atoms with Gasteiger partial charge in [0.2, 0.25) is 5.82 Å². The SMILES string of the molecule is CCN(CC)c1ccc(/N=C2/C(C(C)(C)C)=Nn3c2nnc3-c2cccc(C)c2)c(C)n1. The zero-order valence-electron chi connectivity index (χ0n) is 20.0. The van der Waals surface area contributed by atoms with Gasteiger partial charge in [-0.1, -0.05) is 44.5 Å². The van der Waals surface area contributed by atoms with Crippen molar-refractivity contribution in [2.75, 3.05) is 18.0 Å². The summed E-state index contributed by atoms with van der Waals surface area (Å²) >= 11 is 0. The monoisotopic (exact) mass is 429 g/mol. The van der Waals surface area contributed by atoms with E-state index in [-0.39, 0.29) is 5.41 Å².